The molecule has 2 aromatic carbocycles. The zero-order valence-corrected chi connectivity index (χ0v) is 22.2. The summed E-state index contributed by atoms with van der Waals surface area (Å²) < 4.78 is 8.74. The number of carbonyl (C=O) groups excluding carboxylic acids is 1. The van der Waals surface area contributed by atoms with Gasteiger partial charge in [-0.05, 0) is 75.2 Å². The lowest BCUT2D eigenvalue weighted by Gasteiger charge is -2.20. The quantitative estimate of drug-likeness (QED) is 0.216. The first-order chi connectivity index (χ1) is 16.9. The van der Waals surface area contributed by atoms with E-state index in [0.717, 1.165) is 52.2 Å². The van der Waals surface area contributed by atoms with Crippen LogP contribution in [0, 0.1) is 20.8 Å². The number of rotatable bonds is 10. The maximum Gasteiger partial charge on any atom is 0.260 e. The van der Waals surface area contributed by atoms with Gasteiger partial charge in [0.15, 0.2) is 5.13 Å². The number of nitrogens with zero attached hydrogens (tertiary/aromatic N) is 4. The molecule has 0 bridgehead atoms. The summed E-state index contributed by atoms with van der Waals surface area (Å²) >= 11 is 7.82. The molecule has 0 fully saturated rings. The summed E-state index contributed by atoms with van der Waals surface area (Å²) in [6.07, 6.45) is 3.33. The van der Waals surface area contributed by atoms with E-state index in [0.29, 0.717) is 35.4 Å². The molecule has 0 spiro atoms. The first kappa shape index (κ1) is 25.2. The van der Waals surface area contributed by atoms with E-state index in [2.05, 4.69) is 12.0 Å². The number of hydrogen-bond acceptors (Lipinski definition) is 5. The van der Waals surface area contributed by atoms with Crippen molar-refractivity contribution >= 4 is 44.2 Å². The fourth-order valence-corrected chi connectivity index (χ4v) is 5.18. The maximum atomic E-state index is 13.7. The highest BCUT2D eigenvalue weighted by molar-refractivity contribution is 7.22. The number of hydrogen-bond donors (Lipinski definition) is 0. The van der Waals surface area contributed by atoms with Crippen LogP contribution in [-0.4, -0.2) is 33.8 Å². The van der Waals surface area contributed by atoms with Crippen molar-refractivity contribution in [2.24, 2.45) is 0 Å². The smallest absolute Gasteiger partial charge is 0.260 e. The molecule has 2 aromatic heterocycles. The molecule has 0 aliphatic heterocycles. The monoisotopic (exact) mass is 510 g/mol. The number of thiazole rings is 1. The van der Waals surface area contributed by atoms with Crippen molar-refractivity contribution in [3.05, 3.63) is 70.0 Å². The summed E-state index contributed by atoms with van der Waals surface area (Å²) in [6, 6.07) is 13.2. The van der Waals surface area contributed by atoms with Crippen molar-refractivity contribution in [1.82, 2.24) is 14.8 Å². The van der Waals surface area contributed by atoms with Gasteiger partial charge in [-0.25, -0.2) is 4.98 Å². The number of halogens is 1. The SMILES string of the molecule is CCCCCOc1ccc(C(=O)N(CCn2nc(C)cc2C)c2nc3c(C)c(Cl)ccc3s2)cc1. The second-order valence-corrected chi connectivity index (χ2v) is 10.1. The van der Waals surface area contributed by atoms with Gasteiger partial charge in [-0.1, -0.05) is 42.7 Å². The van der Waals surface area contributed by atoms with Crippen molar-refractivity contribution < 1.29 is 9.53 Å². The average molecular weight is 511 g/mol. The van der Waals surface area contributed by atoms with Gasteiger partial charge < -0.3 is 4.74 Å². The van der Waals surface area contributed by atoms with Crippen LogP contribution in [-0.2, 0) is 6.54 Å². The van der Waals surface area contributed by atoms with Crippen LogP contribution in [0.5, 0.6) is 5.75 Å². The van der Waals surface area contributed by atoms with Crippen LogP contribution < -0.4 is 9.64 Å². The molecule has 8 heteroatoms. The molecular formula is C27H31ClN4O2S. The summed E-state index contributed by atoms with van der Waals surface area (Å²) in [5.74, 6) is 0.670. The molecular weight excluding hydrogens is 480 g/mol. The second kappa shape index (κ2) is 11.2. The molecule has 6 nitrogen and oxygen atoms in total. The van der Waals surface area contributed by atoms with E-state index in [9.17, 15) is 4.79 Å². The van der Waals surface area contributed by atoms with Crippen LogP contribution in [0.15, 0.2) is 42.5 Å². The summed E-state index contributed by atoms with van der Waals surface area (Å²) in [4.78, 5) is 20.3. The number of ether oxygens (including phenoxy) is 1. The number of anilines is 1. The number of unbranched alkanes of at least 4 members (excludes halogenated alkanes) is 2. The van der Waals surface area contributed by atoms with Gasteiger partial charge in [0.2, 0.25) is 0 Å². The molecule has 4 rings (SSSR count). The fourth-order valence-electron chi connectivity index (χ4n) is 3.98. The minimum Gasteiger partial charge on any atom is -0.494 e. The molecule has 0 saturated heterocycles. The van der Waals surface area contributed by atoms with Crippen molar-refractivity contribution in [3.8, 4) is 5.75 Å². The predicted molar refractivity (Wildman–Crippen MR) is 144 cm³/mol. The Bertz CT molecular complexity index is 1310. The Balaban J connectivity index is 1.60. The lowest BCUT2D eigenvalue weighted by molar-refractivity contribution is 0.0985. The van der Waals surface area contributed by atoms with E-state index in [4.69, 9.17) is 21.3 Å². The van der Waals surface area contributed by atoms with Crippen LogP contribution in [0.4, 0.5) is 5.13 Å². The van der Waals surface area contributed by atoms with Crippen LogP contribution in [0.1, 0.15) is 53.5 Å². The summed E-state index contributed by atoms with van der Waals surface area (Å²) in [6.45, 7) is 9.82. The van der Waals surface area contributed by atoms with Gasteiger partial charge in [-0.2, -0.15) is 5.10 Å². The van der Waals surface area contributed by atoms with Crippen molar-refractivity contribution in [3.63, 3.8) is 0 Å². The third kappa shape index (κ3) is 5.85. The van der Waals surface area contributed by atoms with Crippen molar-refractivity contribution in [1.29, 1.82) is 0 Å². The number of aryl methyl sites for hydroxylation is 3. The van der Waals surface area contributed by atoms with Gasteiger partial charge in [0, 0.05) is 22.8 Å². The molecule has 2 heterocycles. The highest BCUT2D eigenvalue weighted by Crippen LogP contribution is 2.34. The van der Waals surface area contributed by atoms with Crippen LogP contribution in [0.25, 0.3) is 10.2 Å². The molecule has 0 unspecified atom stereocenters. The molecule has 0 saturated carbocycles. The van der Waals surface area contributed by atoms with E-state index in [1.54, 1.807) is 4.90 Å². The summed E-state index contributed by atoms with van der Waals surface area (Å²) in [5, 5.41) is 5.88. The minimum absolute atomic E-state index is 0.105. The normalized spacial score (nSPS) is 11.2. The Morgan fingerprint density at radius 3 is 2.57 bits per heavy atom. The molecule has 0 radical (unpaired) electrons. The number of aromatic nitrogens is 3. The van der Waals surface area contributed by atoms with Crippen molar-refractivity contribution in [2.45, 2.75) is 53.5 Å². The molecule has 0 aliphatic rings. The molecule has 4 aromatic rings. The van der Waals surface area contributed by atoms with Gasteiger partial charge in [-0.15, -0.1) is 0 Å². The minimum atomic E-state index is -0.105. The topological polar surface area (TPSA) is 60.2 Å². The zero-order chi connectivity index (χ0) is 24.9. The molecule has 0 aliphatic carbocycles. The standard InChI is InChI=1S/C27H31ClN4O2S/c1-5-6-7-16-34-22-10-8-21(9-11-22)26(33)31(14-15-32-19(3)17-18(2)30-32)27-29-25-20(4)23(28)12-13-24(25)35-27/h8-13,17H,5-7,14-16H2,1-4H3. The van der Waals surface area contributed by atoms with Crippen LogP contribution >= 0.6 is 22.9 Å². The number of fused-ring (bicyclic) bond motifs is 1. The summed E-state index contributed by atoms with van der Waals surface area (Å²) in [5.41, 5.74) is 4.36. The Morgan fingerprint density at radius 2 is 1.89 bits per heavy atom. The Labute approximate surface area is 215 Å². The van der Waals surface area contributed by atoms with Crippen LogP contribution in [0.3, 0.4) is 0 Å². The number of amides is 1. The maximum absolute atomic E-state index is 13.7. The van der Waals surface area contributed by atoms with E-state index in [1.807, 2.05) is 67.9 Å². The van der Waals surface area contributed by atoms with E-state index < -0.39 is 0 Å². The highest BCUT2D eigenvalue weighted by atomic mass is 35.5. The Kier molecular flexibility index (Phi) is 8.08. The van der Waals surface area contributed by atoms with Gasteiger partial charge in [0.25, 0.3) is 5.91 Å². The van der Waals surface area contributed by atoms with Crippen molar-refractivity contribution in [2.75, 3.05) is 18.1 Å². The van der Waals surface area contributed by atoms with Gasteiger partial charge >= 0.3 is 0 Å². The van der Waals surface area contributed by atoms with E-state index in [-0.39, 0.29) is 5.91 Å². The zero-order valence-electron chi connectivity index (χ0n) is 20.7. The third-order valence-electron chi connectivity index (χ3n) is 5.97. The van der Waals surface area contributed by atoms with Gasteiger partial charge in [0.1, 0.15) is 5.75 Å². The molecule has 0 atom stereocenters. The molecule has 0 N–H and O–H groups in total. The third-order valence-corrected chi connectivity index (χ3v) is 7.42. The van der Waals surface area contributed by atoms with Gasteiger partial charge in [0.05, 0.1) is 29.1 Å². The predicted octanol–water partition coefficient (Wildman–Crippen LogP) is 6.99. The van der Waals surface area contributed by atoms with E-state index >= 15 is 0 Å². The number of benzene rings is 2. The largest absolute Gasteiger partial charge is 0.494 e. The fraction of sp³-hybridized carbons (Fsp3) is 0.370. The lowest BCUT2D eigenvalue weighted by Crippen LogP contribution is -2.34. The highest BCUT2D eigenvalue weighted by Gasteiger charge is 2.23. The summed E-state index contributed by atoms with van der Waals surface area (Å²) in [7, 11) is 0. The first-order valence-corrected chi connectivity index (χ1v) is 13.2. The molecule has 1 amide bonds. The first-order valence-electron chi connectivity index (χ1n) is 12.0. The number of carbonyl (C=O) groups is 1. The lowest BCUT2D eigenvalue weighted by atomic mass is 10.2. The van der Waals surface area contributed by atoms with Gasteiger partial charge in [-0.3, -0.25) is 14.4 Å². The molecule has 184 valence electrons. The van der Waals surface area contributed by atoms with Crippen LogP contribution in [0.2, 0.25) is 5.02 Å². The Morgan fingerprint density at radius 1 is 1.11 bits per heavy atom. The second-order valence-electron chi connectivity index (χ2n) is 8.70. The average Bonchev–Trinajstić information content (AvgIpc) is 3.42. The van der Waals surface area contributed by atoms with E-state index in [1.165, 1.54) is 11.3 Å². The molecule has 35 heavy (non-hydrogen) atoms. The Hall–Kier alpha value is -2.90.